The largest absolute Gasteiger partial charge is 0.383 e. The summed E-state index contributed by atoms with van der Waals surface area (Å²) in [5.74, 6) is 1.11. The third kappa shape index (κ3) is 4.04. The Labute approximate surface area is 113 Å². The molecule has 0 spiro atoms. The molecule has 106 valence electrons. The Kier molecular flexibility index (Phi) is 5.35. The maximum Gasteiger partial charge on any atom is 0.290 e. The summed E-state index contributed by atoms with van der Waals surface area (Å²) >= 11 is 0. The second kappa shape index (κ2) is 7.25. The van der Waals surface area contributed by atoms with E-state index in [2.05, 4.69) is 20.2 Å². The van der Waals surface area contributed by atoms with Gasteiger partial charge in [0.1, 0.15) is 0 Å². The SMILES string of the molecule is COCCNCC1CCCN(c2ncc[nH]c2=O)C1. The molecule has 1 unspecified atom stereocenters. The van der Waals surface area contributed by atoms with Crippen LogP contribution in [0.5, 0.6) is 0 Å². The molecule has 1 atom stereocenters. The fourth-order valence-electron chi connectivity index (χ4n) is 2.47. The average molecular weight is 266 g/mol. The van der Waals surface area contributed by atoms with Gasteiger partial charge >= 0.3 is 0 Å². The van der Waals surface area contributed by atoms with E-state index in [0.29, 0.717) is 11.7 Å². The highest BCUT2D eigenvalue weighted by Gasteiger charge is 2.22. The van der Waals surface area contributed by atoms with Crippen molar-refractivity contribution in [3.05, 3.63) is 22.7 Å². The van der Waals surface area contributed by atoms with Gasteiger partial charge in [-0.3, -0.25) is 4.79 Å². The maximum atomic E-state index is 11.7. The average Bonchev–Trinajstić information content (AvgIpc) is 2.44. The summed E-state index contributed by atoms with van der Waals surface area (Å²) in [6.45, 7) is 4.37. The molecule has 1 saturated heterocycles. The molecule has 1 aliphatic rings. The fourth-order valence-corrected chi connectivity index (χ4v) is 2.47. The number of methoxy groups -OCH3 is 1. The van der Waals surface area contributed by atoms with Crippen LogP contribution in [-0.4, -0.2) is 49.9 Å². The molecule has 0 aliphatic carbocycles. The second-order valence-electron chi connectivity index (χ2n) is 4.89. The van der Waals surface area contributed by atoms with Crippen molar-refractivity contribution in [2.75, 3.05) is 44.8 Å². The van der Waals surface area contributed by atoms with Gasteiger partial charge in [0, 0.05) is 39.1 Å². The molecule has 6 nitrogen and oxygen atoms in total. The number of rotatable bonds is 6. The van der Waals surface area contributed by atoms with Crippen molar-refractivity contribution in [1.29, 1.82) is 0 Å². The zero-order valence-electron chi connectivity index (χ0n) is 11.4. The van der Waals surface area contributed by atoms with Crippen LogP contribution in [0, 0.1) is 5.92 Å². The minimum atomic E-state index is -0.101. The van der Waals surface area contributed by atoms with E-state index in [0.717, 1.165) is 39.2 Å². The van der Waals surface area contributed by atoms with Gasteiger partial charge in [-0.05, 0) is 25.3 Å². The van der Waals surface area contributed by atoms with Gasteiger partial charge < -0.3 is 19.9 Å². The predicted octanol–water partition coefficient (Wildman–Crippen LogP) is 0.222. The Bertz CT molecular complexity index is 435. The molecule has 1 aliphatic heterocycles. The number of aromatic amines is 1. The van der Waals surface area contributed by atoms with E-state index in [-0.39, 0.29) is 5.56 Å². The monoisotopic (exact) mass is 266 g/mol. The molecule has 0 saturated carbocycles. The first-order chi connectivity index (χ1) is 9.31. The van der Waals surface area contributed by atoms with Crippen LogP contribution in [0.15, 0.2) is 17.2 Å². The number of aromatic nitrogens is 2. The summed E-state index contributed by atoms with van der Waals surface area (Å²) in [4.78, 5) is 20.7. The van der Waals surface area contributed by atoms with Gasteiger partial charge in [-0.25, -0.2) is 4.98 Å². The minimum Gasteiger partial charge on any atom is -0.383 e. The summed E-state index contributed by atoms with van der Waals surface area (Å²) in [6.07, 6.45) is 5.50. The van der Waals surface area contributed by atoms with Crippen molar-refractivity contribution in [2.45, 2.75) is 12.8 Å². The molecule has 2 N–H and O–H groups in total. The lowest BCUT2D eigenvalue weighted by atomic mass is 9.98. The van der Waals surface area contributed by atoms with Crippen molar-refractivity contribution in [2.24, 2.45) is 5.92 Å². The van der Waals surface area contributed by atoms with Gasteiger partial charge in [0.15, 0.2) is 5.82 Å². The Morgan fingerprint density at radius 2 is 2.53 bits per heavy atom. The van der Waals surface area contributed by atoms with Crippen molar-refractivity contribution < 1.29 is 4.74 Å². The molecule has 2 heterocycles. The van der Waals surface area contributed by atoms with Crippen molar-refractivity contribution in [1.82, 2.24) is 15.3 Å². The molecule has 1 aromatic heterocycles. The van der Waals surface area contributed by atoms with Crippen LogP contribution >= 0.6 is 0 Å². The molecular formula is C13H22N4O2. The molecule has 0 aromatic carbocycles. The van der Waals surface area contributed by atoms with E-state index in [4.69, 9.17) is 4.74 Å². The summed E-state index contributed by atoms with van der Waals surface area (Å²) in [6, 6.07) is 0. The quantitative estimate of drug-likeness (QED) is 0.721. The molecule has 0 radical (unpaired) electrons. The van der Waals surface area contributed by atoms with Crippen molar-refractivity contribution in [3.63, 3.8) is 0 Å². The lowest BCUT2D eigenvalue weighted by molar-refractivity contribution is 0.197. The number of nitrogens with zero attached hydrogens (tertiary/aromatic N) is 2. The highest BCUT2D eigenvalue weighted by molar-refractivity contribution is 5.35. The third-order valence-corrected chi connectivity index (χ3v) is 3.42. The van der Waals surface area contributed by atoms with E-state index in [1.165, 1.54) is 6.42 Å². The zero-order chi connectivity index (χ0) is 13.5. The van der Waals surface area contributed by atoms with Crippen LogP contribution in [0.2, 0.25) is 0 Å². The first kappa shape index (κ1) is 14.0. The Morgan fingerprint density at radius 3 is 3.32 bits per heavy atom. The normalized spacial score (nSPS) is 19.6. The number of anilines is 1. The van der Waals surface area contributed by atoms with E-state index in [1.807, 2.05) is 0 Å². The van der Waals surface area contributed by atoms with Crippen LogP contribution in [0.4, 0.5) is 5.82 Å². The Hall–Kier alpha value is -1.40. The fraction of sp³-hybridized carbons (Fsp3) is 0.692. The minimum absolute atomic E-state index is 0.101. The van der Waals surface area contributed by atoms with Crippen LogP contribution in [0.1, 0.15) is 12.8 Å². The van der Waals surface area contributed by atoms with Gasteiger partial charge in [0.2, 0.25) is 0 Å². The predicted molar refractivity (Wildman–Crippen MR) is 74.5 cm³/mol. The molecule has 0 amide bonds. The van der Waals surface area contributed by atoms with E-state index >= 15 is 0 Å². The van der Waals surface area contributed by atoms with Gasteiger partial charge in [-0.15, -0.1) is 0 Å². The molecule has 2 rings (SSSR count). The first-order valence-electron chi connectivity index (χ1n) is 6.79. The van der Waals surface area contributed by atoms with E-state index < -0.39 is 0 Å². The zero-order valence-corrected chi connectivity index (χ0v) is 11.4. The van der Waals surface area contributed by atoms with Crippen molar-refractivity contribution >= 4 is 5.82 Å². The number of piperidine rings is 1. The highest BCUT2D eigenvalue weighted by Crippen LogP contribution is 2.18. The number of hydrogen-bond acceptors (Lipinski definition) is 5. The van der Waals surface area contributed by atoms with Gasteiger partial charge in [0.05, 0.1) is 6.61 Å². The molecular weight excluding hydrogens is 244 g/mol. The van der Waals surface area contributed by atoms with Crippen LogP contribution in [-0.2, 0) is 4.74 Å². The van der Waals surface area contributed by atoms with E-state index in [9.17, 15) is 4.79 Å². The lowest BCUT2D eigenvalue weighted by Gasteiger charge is -2.33. The van der Waals surface area contributed by atoms with Crippen LogP contribution in [0.25, 0.3) is 0 Å². The topological polar surface area (TPSA) is 70.2 Å². The maximum absolute atomic E-state index is 11.7. The number of H-pyrrole nitrogens is 1. The molecule has 6 heteroatoms. The summed E-state index contributed by atoms with van der Waals surface area (Å²) < 4.78 is 5.01. The lowest BCUT2D eigenvalue weighted by Crippen LogP contribution is -2.42. The molecule has 19 heavy (non-hydrogen) atoms. The van der Waals surface area contributed by atoms with Gasteiger partial charge in [0.25, 0.3) is 5.56 Å². The standard InChI is InChI=1S/C13H22N4O2/c1-19-8-6-14-9-11-3-2-7-17(10-11)12-13(18)16-5-4-15-12/h4-5,11,14H,2-3,6-10H2,1H3,(H,16,18). The smallest absolute Gasteiger partial charge is 0.290 e. The van der Waals surface area contributed by atoms with E-state index in [1.54, 1.807) is 19.5 Å². The summed E-state index contributed by atoms with van der Waals surface area (Å²) in [5, 5.41) is 3.38. The summed E-state index contributed by atoms with van der Waals surface area (Å²) in [5.41, 5.74) is -0.101. The number of ether oxygens (including phenoxy) is 1. The summed E-state index contributed by atoms with van der Waals surface area (Å²) in [7, 11) is 1.71. The van der Waals surface area contributed by atoms with Crippen LogP contribution < -0.4 is 15.8 Å². The third-order valence-electron chi connectivity index (χ3n) is 3.42. The first-order valence-corrected chi connectivity index (χ1v) is 6.79. The Balaban J connectivity index is 1.87. The van der Waals surface area contributed by atoms with Gasteiger partial charge in [-0.2, -0.15) is 0 Å². The highest BCUT2D eigenvalue weighted by atomic mass is 16.5. The molecule has 0 bridgehead atoms. The number of hydrogen-bond donors (Lipinski definition) is 2. The second-order valence-corrected chi connectivity index (χ2v) is 4.89. The van der Waals surface area contributed by atoms with Crippen LogP contribution in [0.3, 0.4) is 0 Å². The van der Waals surface area contributed by atoms with Crippen molar-refractivity contribution in [3.8, 4) is 0 Å². The number of nitrogens with one attached hydrogen (secondary N) is 2. The van der Waals surface area contributed by atoms with Gasteiger partial charge in [-0.1, -0.05) is 0 Å². The molecule has 1 fully saturated rings. The molecule has 1 aromatic rings. The Morgan fingerprint density at radius 1 is 1.63 bits per heavy atom.